The molecular formula is C18H22FNO. The first-order chi connectivity index (χ1) is 10.1. The van der Waals surface area contributed by atoms with Gasteiger partial charge in [0, 0.05) is 6.04 Å². The molecule has 1 N–H and O–H groups in total. The molecule has 0 saturated heterocycles. The third-order valence-corrected chi connectivity index (χ3v) is 3.33. The Morgan fingerprint density at radius 1 is 1.10 bits per heavy atom. The third-order valence-electron chi connectivity index (χ3n) is 3.33. The Morgan fingerprint density at radius 3 is 2.43 bits per heavy atom. The van der Waals surface area contributed by atoms with E-state index in [-0.39, 0.29) is 18.0 Å². The average Bonchev–Trinajstić information content (AvgIpc) is 2.46. The van der Waals surface area contributed by atoms with Crippen molar-refractivity contribution in [3.8, 4) is 5.75 Å². The SMILES string of the molecule is CNC(Cc1ccc(F)cc1)c1cccc(OC(C)C)c1. The molecule has 0 heterocycles. The zero-order valence-corrected chi connectivity index (χ0v) is 12.8. The Morgan fingerprint density at radius 2 is 1.81 bits per heavy atom. The van der Waals surface area contributed by atoms with Gasteiger partial charge in [0.25, 0.3) is 0 Å². The molecule has 2 rings (SSSR count). The molecule has 0 spiro atoms. The predicted molar refractivity (Wildman–Crippen MR) is 84.1 cm³/mol. The van der Waals surface area contributed by atoms with Gasteiger partial charge >= 0.3 is 0 Å². The van der Waals surface area contributed by atoms with E-state index in [0.717, 1.165) is 17.7 Å². The van der Waals surface area contributed by atoms with E-state index in [4.69, 9.17) is 4.74 Å². The van der Waals surface area contributed by atoms with E-state index in [2.05, 4.69) is 17.4 Å². The number of nitrogens with one attached hydrogen (secondary N) is 1. The molecule has 0 amide bonds. The standard InChI is InChI=1S/C18H22FNO/c1-13(2)21-17-6-4-5-15(12-17)18(20-3)11-14-7-9-16(19)10-8-14/h4-10,12-13,18,20H,11H2,1-3H3. The number of halogens is 1. The highest BCUT2D eigenvalue weighted by Crippen LogP contribution is 2.23. The molecule has 3 heteroatoms. The minimum Gasteiger partial charge on any atom is -0.491 e. The Kier molecular flexibility index (Phi) is 5.34. The summed E-state index contributed by atoms with van der Waals surface area (Å²) >= 11 is 0. The lowest BCUT2D eigenvalue weighted by atomic mass is 9.99. The van der Waals surface area contributed by atoms with E-state index in [1.54, 1.807) is 0 Å². The van der Waals surface area contributed by atoms with Crippen molar-refractivity contribution < 1.29 is 9.13 Å². The minimum absolute atomic E-state index is 0.158. The number of likely N-dealkylation sites (N-methyl/N-ethyl adjacent to an activating group) is 1. The Balaban J connectivity index is 2.15. The molecule has 0 bridgehead atoms. The molecule has 0 radical (unpaired) electrons. The van der Waals surface area contributed by atoms with Gasteiger partial charge in [-0.05, 0) is 62.7 Å². The molecule has 0 aromatic heterocycles. The second kappa shape index (κ2) is 7.23. The van der Waals surface area contributed by atoms with Crippen LogP contribution in [0.1, 0.15) is 31.0 Å². The molecule has 0 aliphatic carbocycles. The summed E-state index contributed by atoms with van der Waals surface area (Å²) in [4.78, 5) is 0. The zero-order valence-electron chi connectivity index (χ0n) is 12.8. The molecule has 112 valence electrons. The van der Waals surface area contributed by atoms with E-state index in [1.807, 2.05) is 45.2 Å². The van der Waals surface area contributed by atoms with Crippen LogP contribution in [0.4, 0.5) is 4.39 Å². The summed E-state index contributed by atoms with van der Waals surface area (Å²) in [5.74, 6) is 0.675. The van der Waals surface area contributed by atoms with Crippen LogP contribution in [0, 0.1) is 5.82 Å². The van der Waals surface area contributed by atoms with Crippen LogP contribution in [-0.2, 0) is 6.42 Å². The topological polar surface area (TPSA) is 21.3 Å². The van der Waals surface area contributed by atoms with E-state index in [0.29, 0.717) is 0 Å². The highest BCUT2D eigenvalue weighted by molar-refractivity contribution is 5.32. The Labute approximate surface area is 126 Å². The second-order valence-electron chi connectivity index (χ2n) is 5.41. The fourth-order valence-corrected chi connectivity index (χ4v) is 2.32. The molecule has 0 fully saturated rings. The van der Waals surface area contributed by atoms with Crippen molar-refractivity contribution in [1.29, 1.82) is 0 Å². The van der Waals surface area contributed by atoms with Crippen LogP contribution in [0.15, 0.2) is 48.5 Å². The maximum atomic E-state index is 13.0. The Hall–Kier alpha value is -1.87. The molecule has 0 aliphatic rings. The van der Waals surface area contributed by atoms with Crippen LogP contribution < -0.4 is 10.1 Å². The zero-order chi connectivity index (χ0) is 15.2. The molecule has 2 aromatic carbocycles. The van der Waals surface area contributed by atoms with E-state index >= 15 is 0 Å². The maximum Gasteiger partial charge on any atom is 0.123 e. The lowest BCUT2D eigenvalue weighted by Crippen LogP contribution is -2.19. The highest BCUT2D eigenvalue weighted by atomic mass is 19.1. The van der Waals surface area contributed by atoms with Crippen molar-refractivity contribution in [2.75, 3.05) is 7.05 Å². The second-order valence-corrected chi connectivity index (χ2v) is 5.41. The van der Waals surface area contributed by atoms with Crippen LogP contribution >= 0.6 is 0 Å². The van der Waals surface area contributed by atoms with Gasteiger partial charge in [-0.3, -0.25) is 0 Å². The maximum absolute atomic E-state index is 13.0. The minimum atomic E-state index is -0.202. The van der Waals surface area contributed by atoms with Gasteiger partial charge in [-0.25, -0.2) is 4.39 Å². The van der Waals surface area contributed by atoms with Crippen LogP contribution in [0.3, 0.4) is 0 Å². The van der Waals surface area contributed by atoms with Crippen molar-refractivity contribution in [1.82, 2.24) is 5.32 Å². The molecule has 2 nitrogen and oxygen atoms in total. The molecule has 1 atom stereocenters. The van der Waals surface area contributed by atoms with Crippen molar-refractivity contribution in [3.63, 3.8) is 0 Å². The monoisotopic (exact) mass is 287 g/mol. The van der Waals surface area contributed by atoms with Crippen molar-refractivity contribution in [2.45, 2.75) is 32.4 Å². The quantitative estimate of drug-likeness (QED) is 0.863. The summed E-state index contributed by atoms with van der Waals surface area (Å²) in [5, 5.41) is 3.31. The van der Waals surface area contributed by atoms with Gasteiger partial charge in [0.05, 0.1) is 6.10 Å². The van der Waals surface area contributed by atoms with E-state index in [1.165, 1.54) is 17.7 Å². The number of rotatable bonds is 6. The summed E-state index contributed by atoms with van der Waals surface area (Å²) in [6.45, 7) is 4.03. The smallest absolute Gasteiger partial charge is 0.123 e. The normalized spacial score (nSPS) is 12.4. The van der Waals surface area contributed by atoms with Crippen LogP contribution in [0.25, 0.3) is 0 Å². The summed E-state index contributed by atoms with van der Waals surface area (Å²) in [6, 6.07) is 14.9. The van der Waals surface area contributed by atoms with Gasteiger partial charge in [-0.2, -0.15) is 0 Å². The summed E-state index contributed by atoms with van der Waals surface area (Å²) in [7, 11) is 1.93. The highest BCUT2D eigenvalue weighted by Gasteiger charge is 2.11. The van der Waals surface area contributed by atoms with Gasteiger partial charge in [-0.15, -0.1) is 0 Å². The Bertz CT molecular complexity index is 566. The summed E-state index contributed by atoms with van der Waals surface area (Å²) in [5.41, 5.74) is 2.27. The van der Waals surface area contributed by atoms with Crippen molar-refractivity contribution in [3.05, 3.63) is 65.5 Å². The van der Waals surface area contributed by atoms with Crippen molar-refractivity contribution in [2.24, 2.45) is 0 Å². The van der Waals surface area contributed by atoms with Gasteiger partial charge in [0.2, 0.25) is 0 Å². The van der Waals surface area contributed by atoms with Crippen LogP contribution in [0.2, 0.25) is 0 Å². The number of hydrogen-bond donors (Lipinski definition) is 1. The first kappa shape index (κ1) is 15.5. The van der Waals surface area contributed by atoms with Gasteiger partial charge < -0.3 is 10.1 Å². The van der Waals surface area contributed by atoms with Gasteiger partial charge in [0.1, 0.15) is 11.6 Å². The van der Waals surface area contributed by atoms with Crippen LogP contribution in [-0.4, -0.2) is 13.2 Å². The van der Waals surface area contributed by atoms with Gasteiger partial charge in [-0.1, -0.05) is 24.3 Å². The predicted octanol–water partition coefficient (Wildman–Crippen LogP) is 4.12. The van der Waals surface area contributed by atoms with E-state index < -0.39 is 0 Å². The first-order valence-electron chi connectivity index (χ1n) is 7.27. The number of ether oxygens (including phenoxy) is 1. The molecule has 0 aliphatic heterocycles. The van der Waals surface area contributed by atoms with Gasteiger partial charge in [0.15, 0.2) is 0 Å². The molecule has 0 saturated carbocycles. The molecular weight excluding hydrogens is 265 g/mol. The summed E-state index contributed by atoms with van der Waals surface area (Å²) < 4.78 is 18.7. The third kappa shape index (κ3) is 4.57. The number of hydrogen-bond acceptors (Lipinski definition) is 2. The molecule has 1 unspecified atom stereocenters. The fraction of sp³-hybridized carbons (Fsp3) is 0.333. The van der Waals surface area contributed by atoms with Crippen LogP contribution in [0.5, 0.6) is 5.75 Å². The lowest BCUT2D eigenvalue weighted by Gasteiger charge is -2.18. The van der Waals surface area contributed by atoms with E-state index in [9.17, 15) is 4.39 Å². The first-order valence-corrected chi connectivity index (χ1v) is 7.27. The average molecular weight is 287 g/mol. The molecule has 21 heavy (non-hydrogen) atoms. The fourth-order valence-electron chi connectivity index (χ4n) is 2.32. The van der Waals surface area contributed by atoms with Crippen molar-refractivity contribution >= 4 is 0 Å². The largest absolute Gasteiger partial charge is 0.491 e. The molecule has 2 aromatic rings. The summed E-state index contributed by atoms with van der Waals surface area (Å²) in [6.07, 6.45) is 0.965. The lowest BCUT2D eigenvalue weighted by molar-refractivity contribution is 0.242. The number of benzene rings is 2.